The Morgan fingerprint density at radius 3 is 2.35 bits per heavy atom. The molecule has 4 heterocycles. The lowest BCUT2D eigenvalue weighted by Crippen LogP contribution is -3.12. The maximum Gasteiger partial charge on any atom is 0.430 e. The van der Waals surface area contributed by atoms with Gasteiger partial charge in [-0.05, 0) is 18.2 Å². The van der Waals surface area contributed by atoms with E-state index < -0.39 is 24.0 Å². The molecule has 1 aliphatic rings. The summed E-state index contributed by atoms with van der Waals surface area (Å²) in [5.74, 6) is -5.59. The first-order valence-electron chi connectivity index (χ1n) is 10.0. The number of fused-ring (bicyclic) bond motifs is 1. The van der Waals surface area contributed by atoms with Gasteiger partial charge >= 0.3 is 6.18 Å². The standard InChI is InChI=1S/C18H18F2N6O.C2HF3O2.H2/c19-18(20)5-10-25(11-6-18)12-13-14-4-1-2-9-26(14)15(23-13)16(27)24-17-21-7-3-8-22-17;3-2(4,5)1(6)7;/h1-4,7-9H,5-6,10-12H2,(H,21,22,24,27);(H,6,7);1H. The van der Waals surface area contributed by atoms with Crippen molar-refractivity contribution in [2.45, 2.75) is 31.5 Å². The number of quaternary nitrogens is 1. The maximum absolute atomic E-state index is 13.4. The second-order valence-electron chi connectivity index (χ2n) is 7.43. The fraction of sp³-hybridized carbons (Fsp3) is 0.350. The number of aliphatic carboxylic acids is 1. The molecule has 3 aromatic rings. The number of rotatable bonds is 4. The van der Waals surface area contributed by atoms with Crippen molar-refractivity contribution in [1.29, 1.82) is 0 Å². The van der Waals surface area contributed by atoms with E-state index in [-0.39, 0.29) is 26.0 Å². The number of alkyl halides is 5. The second kappa shape index (κ2) is 10.1. The average Bonchev–Trinajstić information content (AvgIpc) is 3.14. The molecule has 1 aliphatic heterocycles. The first kappa shape index (κ1) is 25.0. The molecule has 34 heavy (non-hydrogen) atoms. The van der Waals surface area contributed by atoms with Gasteiger partial charge in [0.05, 0.1) is 31.4 Å². The Balaban J connectivity index is 0.000000476. The number of pyridine rings is 1. The zero-order valence-electron chi connectivity index (χ0n) is 17.5. The van der Waals surface area contributed by atoms with Crippen molar-refractivity contribution in [3.63, 3.8) is 0 Å². The SMILES string of the molecule is O=C(Nc1ncccn1)c1nc(C[NH+]2CCC(F)(F)CC2)c2ccccn12.O=C([O-])C(F)(F)F.[HH]. The van der Waals surface area contributed by atoms with Gasteiger partial charge in [0.2, 0.25) is 11.8 Å². The summed E-state index contributed by atoms with van der Waals surface area (Å²) in [6.45, 7) is 1.27. The molecule has 0 saturated carbocycles. The molecule has 2 N–H and O–H groups in total. The number of anilines is 1. The van der Waals surface area contributed by atoms with Crippen LogP contribution in [0.25, 0.3) is 5.52 Å². The van der Waals surface area contributed by atoms with Crippen LogP contribution in [0.5, 0.6) is 0 Å². The lowest BCUT2D eigenvalue weighted by Gasteiger charge is -2.28. The molecule has 0 bridgehead atoms. The third-order valence-electron chi connectivity index (χ3n) is 4.96. The van der Waals surface area contributed by atoms with Gasteiger partial charge < -0.3 is 14.8 Å². The number of carbonyl (C=O) groups excluding carboxylic acids is 2. The first-order valence-corrected chi connectivity index (χ1v) is 10.0. The number of likely N-dealkylation sites (tertiary alicyclic amines) is 1. The zero-order chi connectivity index (χ0) is 24.9. The van der Waals surface area contributed by atoms with Crippen molar-refractivity contribution in [3.8, 4) is 0 Å². The van der Waals surface area contributed by atoms with Gasteiger partial charge in [-0.1, -0.05) is 6.07 Å². The van der Waals surface area contributed by atoms with Crippen molar-refractivity contribution in [3.05, 3.63) is 54.4 Å². The van der Waals surface area contributed by atoms with Crippen LogP contribution in [0.2, 0.25) is 0 Å². The molecule has 1 saturated heterocycles. The maximum atomic E-state index is 13.4. The number of imidazole rings is 1. The van der Waals surface area contributed by atoms with Crippen LogP contribution in [0.3, 0.4) is 0 Å². The molecule has 0 radical (unpaired) electrons. The van der Waals surface area contributed by atoms with Crippen LogP contribution < -0.4 is 15.3 Å². The van der Waals surface area contributed by atoms with Gasteiger partial charge in [0.1, 0.15) is 18.2 Å². The van der Waals surface area contributed by atoms with Crippen molar-refractivity contribution in [1.82, 2.24) is 19.4 Å². The van der Waals surface area contributed by atoms with Gasteiger partial charge in [0.15, 0.2) is 0 Å². The highest BCUT2D eigenvalue weighted by Gasteiger charge is 2.37. The third kappa shape index (κ3) is 6.43. The van der Waals surface area contributed by atoms with Gasteiger partial charge in [-0.3, -0.25) is 14.5 Å². The summed E-state index contributed by atoms with van der Waals surface area (Å²) < 4.78 is 60.0. The average molecular weight is 488 g/mol. The summed E-state index contributed by atoms with van der Waals surface area (Å²) in [6, 6.07) is 7.20. The predicted octanol–water partition coefficient (Wildman–Crippen LogP) is 0.735. The molecule has 0 aliphatic carbocycles. The van der Waals surface area contributed by atoms with Crippen molar-refractivity contribution >= 4 is 23.3 Å². The Kier molecular flexibility index (Phi) is 7.39. The molecular weight excluding hydrogens is 467 g/mol. The second-order valence-corrected chi connectivity index (χ2v) is 7.43. The molecule has 0 spiro atoms. The van der Waals surface area contributed by atoms with Crippen LogP contribution in [-0.4, -0.2) is 56.4 Å². The Labute approximate surface area is 190 Å². The van der Waals surface area contributed by atoms with Gasteiger partial charge in [0, 0.05) is 20.0 Å². The zero-order valence-corrected chi connectivity index (χ0v) is 17.5. The molecule has 3 aromatic heterocycles. The minimum atomic E-state index is -5.19. The summed E-state index contributed by atoms with van der Waals surface area (Å²) >= 11 is 0. The summed E-state index contributed by atoms with van der Waals surface area (Å²) in [4.78, 5) is 34.9. The predicted molar refractivity (Wildman–Crippen MR) is 107 cm³/mol. The number of nitrogens with one attached hydrogen (secondary N) is 2. The third-order valence-corrected chi connectivity index (χ3v) is 4.96. The van der Waals surface area contributed by atoms with E-state index >= 15 is 0 Å². The van der Waals surface area contributed by atoms with E-state index in [0.717, 1.165) is 16.1 Å². The molecule has 0 atom stereocenters. The molecular formula is C20H21F5N6O3. The Morgan fingerprint density at radius 1 is 1.15 bits per heavy atom. The van der Waals surface area contributed by atoms with Crippen molar-refractivity contribution < 1.29 is 43.0 Å². The first-order chi connectivity index (χ1) is 16.0. The number of carbonyl (C=O) groups is 2. The highest BCUT2D eigenvalue weighted by Crippen LogP contribution is 2.23. The van der Waals surface area contributed by atoms with E-state index in [1.54, 1.807) is 16.7 Å². The lowest BCUT2D eigenvalue weighted by atomic mass is 10.1. The van der Waals surface area contributed by atoms with E-state index in [1.165, 1.54) is 12.4 Å². The van der Waals surface area contributed by atoms with E-state index in [9.17, 15) is 26.7 Å². The van der Waals surface area contributed by atoms with Crippen molar-refractivity contribution in [2.75, 3.05) is 18.4 Å². The minimum Gasteiger partial charge on any atom is -0.542 e. The summed E-state index contributed by atoms with van der Waals surface area (Å²) in [6.07, 6.45) is -0.605. The minimum absolute atomic E-state index is 0. The number of carboxylic acid groups (broad SMARTS) is 1. The molecule has 0 unspecified atom stereocenters. The Bertz CT molecular complexity index is 1150. The van der Waals surface area contributed by atoms with Gasteiger partial charge in [-0.15, -0.1) is 0 Å². The van der Waals surface area contributed by atoms with Crippen LogP contribution in [0.15, 0.2) is 42.9 Å². The van der Waals surface area contributed by atoms with E-state index in [1.807, 2.05) is 18.2 Å². The Morgan fingerprint density at radius 2 is 1.76 bits per heavy atom. The fourth-order valence-electron chi connectivity index (χ4n) is 3.30. The largest absolute Gasteiger partial charge is 0.542 e. The van der Waals surface area contributed by atoms with Crippen LogP contribution in [-0.2, 0) is 11.3 Å². The van der Waals surface area contributed by atoms with E-state index in [4.69, 9.17) is 9.90 Å². The highest BCUT2D eigenvalue weighted by atomic mass is 19.4. The summed E-state index contributed by atoms with van der Waals surface area (Å²) in [5.41, 5.74) is 1.51. The Hall–Kier alpha value is -3.68. The van der Waals surface area contributed by atoms with E-state index in [0.29, 0.717) is 19.6 Å². The summed E-state index contributed by atoms with van der Waals surface area (Å²) in [5, 5.41) is 11.4. The quantitative estimate of drug-likeness (QED) is 0.524. The number of nitrogens with zero attached hydrogens (tertiary/aromatic N) is 4. The number of piperidine rings is 1. The molecule has 4 rings (SSSR count). The normalized spacial score (nSPS) is 15.9. The summed E-state index contributed by atoms with van der Waals surface area (Å²) in [7, 11) is 0. The number of hydrogen-bond acceptors (Lipinski definition) is 6. The van der Waals surface area contributed by atoms with Gasteiger partial charge in [-0.2, -0.15) is 13.2 Å². The molecule has 14 heteroatoms. The fourth-order valence-corrected chi connectivity index (χ4v) is 3.30. The molecule has 1 fully saturated rings. The molecule has 0 aromatic carbocycles. The number of amides is 1. The topological polar surface area (TPSA) is 117 Å². The number of hydrogen-bond donors (Lipinski definition) is 2. The number of carboxylic acids is 1. The smallest absolute Gasteiger partial charge is 0.430 e. The van der Waals surface area contributed by atoms with Crippen LogP contribution in [0.1, 0.15) is 30.6 Å². The van der Waals surface area contributed by atoms with Crippen molar-refractivity contribution in [2.24, 2.45) is 0 Å². The number of halogens is 5. The number of aromatic nitrogens is 4. The highest BCUT2D eigenvalue weighted by molar-refractivity contribution is 6.01. The monoisotopic (exact) mass is 488 g/mol. The van der Waals surface area contributed by atoms with Gasteiger partial charge in [-0.25, -0.2) is 23.7 Å². The van der Waals surface area contributed by atoms with Crippen LogP contribution >= 0.6 is 0 Å². The van der Waals surface area contributed by atoms with Crippen LogP contribution in [0, 0.1) is 0 Å². The van der Waals surface area contributed by atoms with E-state index in [2.05, 4.69) is 20.3 Å². The lowest BCUT2D eigenvalue weighted by molar-refractivity contribution is -0.921. The van der Waals surface area contributed by atoms with Crippen LogP contribution in [0.4, 0.5) is 27.9 Å². The molecule has 9 nitrogen and oxygen atoms in total. The van der Waals surface area contributed by atoms with Gasteiger partial charge in [0.25, 0.3) is 11.8 Å². The molecule has 1 amide bonds. The molecule has 184 valence electrons.